The third kappa shape index (κ3) is 4.83. The van der Waals surface area contributed by atoms with Gasteiger partial charge in [-0.05, 0) is 31.8 Å². The molecule has 1 aliphatic heterocycles. The molecule has 1 saturated heterocycles. The third-order valence-corrected chi connectivity index (χ3v) is 6.14. The molecule has 1 amide bonds. The first-order valence-electron chi connectivity index (χ1n) is 9.62. The number of carbonyl (C=O) groups excluding carboxylic acids is 1. The summed E-state index contributed by atoms with van der Waals surface area (Å²) in [5, 5.41) is 15.0. The van der Waals surface area contributed by atoms with Crippen LogP contribution >= 0.6 is 23.7 Å². The van der Waals surface area contributed by atoms with E-state index in [0.717, 1.165) is 42.1 Å². The highest BCUT2D eigenvalue weighted by Gasteiger charge is 2.21. The van der Waals surface area contributed by atoms with Crippen LogP contribution < -0.4 is 10.6 Å². The zero-order valence-electron chi connectivity index (χ0n) is 16.5. The second-order valence-corrected chi connectivity index (χ2v) is 8.30. The average molecular weight is 433 g/mol. The number of aromatic nitrogens is 4. The second kappa shape index (κ2) is 9.47. The van der Waals surface area contributed by atoms with Crippen molar-refractivity contribution in [2.75, 3.05) is 18.4 Å². The Morgan fingerprint density at radius 2 is 1.97 bits per heavy atom. The Kier molecular flexibility index (Phi) is 7.00. The predicted molar refractivity (Wildman–Crippen MR) is 118 cm³/mol. The number of thiazole rings is 1. The highest BCUT2D eigenvalue weighted by atomic mass is 35.5. The first-order valence-corrected chi connectivity index (χ1v) is 10.4. The van der Waals surface area contributed by atoms with E-state index in [2.05, 4.69) is 39.8 Å². The fourth-order valence-corrected chi connectivity index (χ4v) is 4.36. The van der Waals surface area contributed by atoms with Crippen LogP contribution in [-0.2, 0) is 0 Å². The van der Waals surface area contributed by atoms with E-state index >= 15 is 0 Å². The first-order chi connectivity index (χ1) is 13.6. The maximum atomic E-state index is 12.7. The van der Waals surface area contributed by atoms with Crippen LogP contribution in [0, 0.1) is 0 Å². The van der Waals surface area contributed by atoms with Crippen molar-refractivity contribution in [1.82, 2.24) is 25.3 Å². The van der Waals surface area contributed by atoms with Crippen LogP contribution in [-0.4, -0.2) is 39.0 Å². The number of hydrogen-bond acceptors (Lipinski definition) is 6. The Morgan fingerprint density at radius 3 is 2.66 bits per heavy atom. The monoisotopic (exact) mass is 432 g/mol. The summed E-state index contributed by atoms with van der Waals surface area (Å²) in [7, 11) is 0. The van der Waals surface area contributed by atoms with Gasteiger partial charge in [-0.15, -0.1) is 28.8 Å². The Labute approximate surface area is 180 Å². The van der Waals surface area contributed by atoms with Gasteiger partial charge in [0.1, 0.15) is 0 Å². The van der Waals surface area contributed by atoms with Crippen LogP contribution in [0.3, 0.4) is 0 Å². The number of piperidine rings is 1. The number of anilines is 1. The van der Waals surface area contributed by atoms with Crippen molar-refractivity contribution < 1.29 is 4.79 Å². The molecule has 0 atom stereocenters. The van der Waals surface area contributed by atoms with Crippen molar-refractivity contribution >= 4 is 34.8 Å². The molecular formula is C20H25ClN6OS. The van der Waals surface area contributed by atoms with E-state index in [-0.39, 0.29) is 18.3 Å². The summed E-state index contributed by atoms with van der Waals surface area (Å²) in [5.41, 5.74) is 2.30. The van der Waals surface area contributed by atoms with Crippen molar-refractivity contribution in [3.63, 3.8) is 0 Å². The number of hydrogen-bond donors (Lipinski definition) is 2. The molecule has 0 radical (unpaired) electrons. The summed E-state index contributed by atoms with van der Waals surface area (Å²) in [6, 6.07) is 10.4. The van der Waals surface area contributed by atoms with E-state index in [9.17, 15) is 4.79 Å². The largest absolute Gasteiger partial charge is 0.317 e. The lowest BCUT2D eigenvalue weighted by Crippen LogP contribution is -2.29. The van der Waals surface area contributed by atoms with Crippen molar-refractivity contribution in [2.45, 2.75) is 38.6 Å². The standard InChI is InChI=1S/C20H24N6OS.ClH/c1-13(2)18-17(14-6-4-3-5-7-14)22-20(28-18)23-19(27)16-12-26(25-24-16)15-8-10-21-11-9-15;/h3-7,12-13,15,21H,8-11H2,1-2H3,(H,22,23,27);1H. The second-order valence-electron chi connectivity index (χ2n) is 7.27. The van der Waals surface area contributed by atoms with E-state index in [1.54, 1.807) is 6.20 Å². The smallest absolute Gasteiger partial charge is 0.279 e. The van der Waals surface area contributed by atoms with Gasteiger partial charge < -0.3 is 5.32 Å². The molecule has 7 nitrogen and oxygen atoms in total. The van der Waals surface area contributed by atoms with Crippen molar-refractivity contribution in [1.29, 1.82) is 0 Å². The molecule has 9 heteroatoms. The molecule has 3 heterocycles. The van der Waals surface area contributed by atoms with Crippen LogP contribution in [0.4, 0.5) is 5.13 Å². The summed E-state index contributed by atoms with van der Waals surface area (Å²) >= 11 is 1.51. The highest BCUT2D eigenvalue weighted by molar-refractivity contribution is 7.16. The maximum absolute atomic E-state index is 12.7. The molecule has 0 bridgehead atoms. The van der Waals surface area contributed by atoms with Gasteiger partial charge in [-0.25, -0.2) is 9.67 Å². The summed E-state index contributed by atoms with van der Waals surface area (Å²) in [5.74, 6) is 0.0444. The summed E-state index contributed by atoms with van der Waals surface area (Å²) < 4.78 is 1.81. The van der Waals surface area contributed by atoms with Crippen molar-refractivity contribution in [2.24, 2.45) is 0 Å². The number of nitrogens with one attached hydrogen (secondary N) is 2. The van der Waals surface area contributed by atoms with Crippen LogP contribution in [0.25, 0.3) is 11.3 Å². The van der Waals surface area contributed by atoms with E-state index in [1.165, 1.54) is 11.3 Å². The minimum absolute atomic E-state index is 0. The Morgan fingerprint density at radius 1 is 1.24 bits per heavy atom. The van der Waals surface area contributed by atoms with Crippen LogP contribution in [0.15, 0.2) is 36.5 Å². The average Bonchev–Trinajstić information content (AvgIpc) is 3.37. The fourth-order valence-electron chi connectivity index (χ4n) is 3.37. The number of nitrogens with zero attached hydrogens (tertiary/aromatic N) is 4. The number of benzene rings is 1. The highest BCUT2D eigenvalue weighted by Crippen LogP contribution is 2.36. The Balaban J connectivity index is 0.00000240. The Bertz CT molecular complexity index is 949. The topological polar surface area (TPSA) is 84.7 Å². The molecule has 4 rings (SSSR count). The van der Waals surface area contributed by atoms with Crippen molar-refractivity contribution in [3.8, 4) is 11.3 Å². The lowest BCUT2D eigenvalue weighted by Gasteiger charge is -2.21. The van der Waals surface area contributed by atoms with Gasteiger partial charge >= 0.3 is 0 Å². The predicted octanol–water partition coefficient (Wildman–Crippen LogP) is 4.12. The SMILES string of the molecule is CC(C)c1sc(NC(=O)c2cn(C3CCNCC3)nn2)nc1-c1ccccc1.Cl. The first kappa shape index (κ1) is 21.4. The normalized spacial score (nSPS) is 14.6. The van der Waals surface area contributed by atoms with Crippen molar-refractivity contribution in [3.05, 3.63) is 47.1 Å². The Hall–Kier alpha value is -2.29. The molecule has 1 aliphatic rings. The molecule has 1 aromatic carbocycles. The van der Waals surface area contributed by atoms with E-state index in [0.29, 0.717) is 22.8 Å². The quantitative estimate of drug-likeness (QED) is 0.633. The van der Waals surface area contributed by atoms with Crippen LogP contribution in [0.1, 0.15) is 54.0 Å². The molecule has 2 aromatic heterocycles. The lowest BCUT2D eigenvalue weighted by molar-refractivity contribution is 0.102. The molecule has 3 aromatic rings. The van der Waals surface area contributed by atoms with Gasteiger partial charge in [0.05, 0.1) is 17.9 Å². The van der Waals surface area contributed by atoms with Gasteiger partial charge in [-0.1, -0.05) is 49.4 Å². The molecule has 0 aliphatic carbocycles. The van der Waals surface area contributed by atoms with Crippen LogP contribution in [0.5, 0.6) is 0 Å². The van der Waals surface area contributed by atoms with Crippen LogP contribution in [0.2, 0.25) is 0 Å². The zero-order chi connectivity index (χ0) is 19.5. The van der Waals surface area contributed by atoms with Gasteiger partial charge in [-0.2, -0.15) is 0 Å². The van der Waals surface area contributed by atoms with E-state index < -0.39 is 0 Å². The molecule has 29 heavy (non-hydrogen) atoms. The third-order valence-electron chi connectivity index (χ3n) is 4.87. The molecule has 2 N–H and O–H groups in total. The summed E-state index contributed by atoms with van der Waals surface area (Å²) in [4.78, 5) is 18.5. The maximum Gasteiger partial charge on any atom is 0.279 e. The van der Waals surface area contributed by atoms with E-state index in [4.69, 9.17) is 0 Å². The van der Waals surface area contributed by atoms with Gasteiger partial charge in [0, 0.05) is 10.4 Å². The summed E-state index contributed by atoms with van der Waals surface area (Å²) in [6.45, 7) is 6.20. The molecule has 0 saturated carbocycles. The van der Waals surface area contributed by atoms with Gasteiger partial charge in [0.15, 0.2) is 10.8 Å². The molecule has 0 spiro atoms. The fraction of sp³-hybridized carbons (Fsp3) is 0.400. The van der Waals surface area contributed by atoms with Gasteiger partial charge in [0.25, 0.3) is 5.91 Å². The minimum Gasteiger partial charge on any atom is -0.317 e. The molecular weight excluding hydrogens is 408 g/mol. The molecule has 154 valence electrons. The molecule has 1 fully saturated rings. The minimum atomic E-state index is -0.274. The van der Waals surface area contributed by atoms with E-state index in [1.807, 2.05) is 35.0 Å². The number of amides is 1. The van der Waals surface area contributed by atoms with Gasteiger partial charge in [-0.3, -0.25) is 10.1 Å². The summed E-state index contributed by atoms with van der Waals surface area (Å²) in [6.07, 6.45) is 3.73. The number of halogens is 1. The lowest BCUT2D eigenvalue weighted by atomic mass is 10.1. The number of carbonyl (C=O) groups is 1. The van der Waals surface area contributed by atoms with Gasteiger partial charge in [0.2, 0.25) is 0 Å². The zero-order valence-corrected chi connectivity index (χ0v) is 18.1. The molecule has 0 unspecified atom stereocenters. The number of rotatable bonds is 5.